The van der Waals surface area contributed by atoms with Gasteiger partial charge in [-0.2, -0.15) is 0 Å². The third kappa shape index (κ3) is 3.61. The molecule has 3 aromatic rings. The van der Waals surface area contributed by atoms with Crippen molar-refractivity contribution >= 4 is 22.7 Å². The number of anilines is 1. The molecule has 1 aliphatic heterocycles. The molecule has 1 aromatic heterocycles. The van der Waals surface area contributed by atoms with Gasteiger partial charge in [-0.25, -0.2) is 4.79 Å². The number of benzene rings is 2. The molecule has 1 atom stereocenters. The monoisotopic (exact) mass is 383 g/mol. The number of nitrogens with zero attached hydrogens (tertiary/aromatic N) is 1. The first-order valence-corrected chi connectivity index (χ1v) is 8.92. The van der Waals surface area contributed by atoms with Gasteiger partial charge >= 0.3 is 6.09 Å². The molecule has 7 nitrogen and oxygen atoms in total. The van der Waals surface area contributed by atoms with Gasteiger partial charge in [0.2, 0.25) is 0 Å². The Labute approximate surface area is 162 Å². The Morgan fingerprint density at radius 1 is 1.11 bits per heavy atom. The molecule has 2 aromatic carbocycles. The minimum Gasteiger partial charge on any atom is -0.497 e. The summed E-state index contributed by atoms with van der Waals surface area (Å²) in [5.74, 6) is 1.49. The summed E-state index contributed by atoms with van der Waals surface area (Å²) >= 11 is 0. The van der Waals surface area contributed by atoms with Crippen LogP contribution in [0.5, 0.6) is 11.5 Å². The number of methoxy groups -OCH3 is 2. The van der Waals surface area contributed by atoms with E-state index >= 15 is 0 Å². The zero-order valence-electron chi connectivity index (χ0n) is 15.7. The van der Waals surface area contributed by atoms with Crippen molar-refractivity contribution in [1.82, 2.24) is 0 Å². The van der Waals surface area contributed by atoms with Gasteiger partial charge in [0.15, 0.2) is 0 Å². The Bertz CT molecular complexity index is 965. The zero-order chi connectivity index (χ0) is 19.5. The molecule has 0 saturated carbocycles. The summed E-state index contributed by atoms with van der Waals surface area (Å²) in [6, 6.07) is 13.3. The maximum absolute atomic E-state index is 12.1. The van der Waals surface area contributed by atoms with Gasteiger partial charge in [0.05, 0.1) is 25.9 Å². The Kier molecular flexibility index (Phi) is 5.08. The first-order chi connectivity index (χ1) is 13.7. The second-order valence-electron chi connectivity index (χ2n) is 6.49. The second-order valence-corrected chi connectivity index (χ2v) is 6.49. The van der Waals surface area contributed by atoms with E-state index in [9.17, 15) is 4.79 Å². The van der Waals surface area contributed by atoms with E-state index in [2.05, 4.69) is 0 Å². The molecule has 0 spiro atoms. The fourth-order valence-electron chi connectivity index (χ4n) is 3.17. The van der Waals surface area contributed by atoms with E-state index < -0.39 is 6.09 Å². The van der Waals surface area contributed by atoms with Crippen molar-refractivity contribution in [3.8, 4) is 11.5 Å². The molecular weight excluding hydrogens is 362 g/mol. The smallest absolute Gasteiger partial charge is 0.414 e. The summed E-state index contributed by atoms with van der Waals surface area (Å²) in [4.78, 5) is 13.7. The number of rotatable bonds is 7. The van der Waals surface area contributed by atoms with Crippen LogP contribution in [0, 0.1) is 0 Å². The van der Waals surface area contributed by atoms with E-state index in [1.165, 1.54) is 0 Å². The SMILES string of the molecule is COC[C@H]1CN(c2coc3cc(OCc4ccc(OC)cc4)ccc23)C(=O)O1. The van der Waals surface area contributed by atoms with Crippen molar-refractivity contribution in [2.24, 2.45) is 0 Å². The van der Waals surface area contributed by atoms with Crippen molar-refractivity contribution in [3.63, 3.8) is 0 Å². The molecule has 1 amide bonds. The standard InChI is InChI=1S/C21H21NO6/c1-24-12-17-10-22(21(23)28-17)19-13-27-20-9-16(7-8-18(19)20)26-11-14-3-5-15(25-2)6-4-14/h3-9,13,17H,10-12H2,1-2H3/t17-/m1/s1. The highest BCUT2D eigenvalue weighted by Crippen LogP contribution is 2.34. The highest BCUT2D eigenvalue weighted by Gasteiger charge is 2.34. The molecule has 4 rings (SSSR count). The van der Waals surface area contributed by atoms with Crippen molar-refractivity contribution in [2.45, 2.75) is 12.7 Å². The number of furan rings is 1. The van der Waals surface area contributed by atoms with Crippen LogP contribution in [0.4, 0.5) is 10.5 Å². The molecule has 0 N–H and O–H groups in total. The maximum Gasteiger partial charge on any atom is 0.414 e. The Balaban J connectivity index is 1.47. The lowest BCUT2D eigenvalue weighted by atomic mass is 10.2. The highest BCUT2D eigenvalue weighted by atomic mass is 16.6. The van der Waals surface area contributed by atoms with Gasteiger partial charge in [0.25, 0.3) is 0 Å². The van der Waals surface area contributed by atoms with Crippen LogP contribution in [-0.2, 0) is 16.1 Å². The minimum atomic E-state index is -0.399. The van der Waals surface area contributed by atoms with Gasteiger partial charge < -0.3 is 23.4 Å². The van der Waals surface area contributed by atoms with E-state index in [-0.39, 0.29) is 6.10 Å². The average molecular weight is 383 g/mol. The number of hydrogen-bond acceptors (Lipinski definition) is 6. The number of carbonyl (C=O) groups is 1. The van der Waals surface area contributed by atoms with Gasteiger partial charge in [-0.1, -0.05) is 12.1 Å². The zero-order valence-corrected chi connectivity index (χ0v) is 15.7. The van der Waals surface area contributed by atoms with E-state index in [0.29, 0.717) is 36.8 Å². The number of carbonyl (C=O) groups excluding carboxylic acids is 1. The molecule has 0 aliphatic carbocycles. The predicted molar refractivity (Wildman–Crippen MR) is 103 cm³/mol. The third-order valence-electron chi connectivity index (χ3n) is 4.61. The summed E-state index contributed by atoms with van der Waals surface area (Å²) in [7, 11) is 3.22. The highest BCUT2D eigenvalue weighted by molar-refractivity contribution is 6.01. The van der Waals surface area contributed by atoms with Gasteiger partial charge in [-0.15, -0.1) is 0 Å². The lowest BCUT2D eigenvalue weighted by Gasteiger charge is -2.11. The Hall–Kier alpha value is -3.19. The van der Waals surface area contributed by atoms with Crippen LogP contribution in [0.1, 0.15) is 5.56 Å². The van der Waals surface area contributed by atoms with Crippen LogP contribution in [0.15, 0.2) is 53.1 Å². The quantitative estimate of drug-likeness (QED) is 0.614. The number of fused-ring (bicyclic) bond motifs is 1. The molecule has 2 heterocycles. The third-order valence-corrected chi connectivity index (χ3v) is 4.61. The van der Waals surface area contributed by atoms with Crippen LogP contribution in [0.25, 0.3) is 11.0 Å². The fraction of sp³-hybridized carbons (Fsp3) is 0.286. The lowest BCUT2D eigenvalue weighted by Crippen LogP contribution is -2.25. The molecular formula is C21H21NO6. The molecule has 1 fully saturated rings. The molecule has 0 unspecified atom stereocenters. The maximum atomic E-state index is 12.1. The van der Waals surface area contributed by atoms with E-state index in [1.807, 2.05) is 42.5 Å². The van der Waals surface area contributed by atoms with Crippen LogP contribution in [0.3, 0.4) is 0 Å². The first kappa shape index (κ1) is 18.2. The van der Waals surface area contributed by atoms with Crippen LogP contribution in [-0.4, -0.2) is 39.6 Å². The normalized spacial score (nSPS) is 16.4. The number of hydrogen-bond donors (Lipinski definition) is 0. The molecule has 146 valence electrons. The summed E-state index contributed by atoms with van der Waals surface area (Å²) in [6.07, 6.45) is 0.882. The minimum absolute atomic E-state index is 0.283. The van der Waals surface area contributed by atoms with Gasteiger partial charge in [0.1, 0.15) is 36.1 Å². The van der Waals surface area contributed by atoms with E-state index in [1.54, 1.807) is 25.4 Å². The van der Waals surface area contributed by atoms with Crippen LogP contribution in [0.2, 0.25) is 0 Å². The number of ether oxygens (including phenoxy) is 4. The first-order valence-electron chi connectivity index (χ1n) is 8.92. The Morgan fingerprint density at radius 2 is 1.89 bits per heavy atom. The van der Waals surface area contributed by atoms with Crippen molar-refractivity contribution in [2.75, 3.05) is 32.3 Å². The van der Waals surface area contributed by atoms with E-state index in [4.69, 9.17) is 23.4 Å². The topological polar surface area (TPSA) is 70.4 Å². The van der Waals surface area contributed by atoms with Crippen LogP contribution < -0.4 is 14.4 Å². The molecule has 1 aliphatic rings. The largest absolute Gasteiger partial charge is 0.497 e. The summed E-state index contributed by atoms with van der Waals surface area (Å²) in [5.41, 5.74) is 2.36. The van der Waals surface area contributed by atoms with Crippen molar-refractivity contribution < 1.29 is 28.2 Å². The van der Waals surface area contributed by atoms with Gasteiger partial charge in [-0.3, -0.25) is 4.90 Å². The Morgan fingerprint density at radius 3 is 2.64 bits per heavy atom. The van der Waals surface area contributed by atoms with Crippen LogP contribution >= 0.6 is 0 Å². The van der Waals surface area contributed by atoms with E-state index in [0.717, 1.165) is 16.7 Å². The molecule has 0 bridgehead atoms. The number of cyclic esters (lactones) is 1. The van der Waals surface area contributed by atoms with Crippen molar-refractivity contribution in [3.05, 3.63) is 54.3 Å². The number of amides is 1. The predicted octanol–water partition coefficient (Wildman–Crippen LogP) is 3.99. The average Bonchev–Trinajstić information content (AvgIpc) is 3.29. The van der Waals surface area contributed by atoms with Gasteiger partial charge in [0, 0.05) is 18.6 Å². The van der Waals surface area contributed by atoms with Gasteiger partial charge in [-0.05, 0) is 29.8 Å². The molecule has 28 heavy (non-hydrogen) atoms. The van der Waals surface area contributed by atoms with Crippen molar-refractivity contribution in [1.29, 1.82) is 0 Å². The fourth-order valence-corrected chi connectivity index (χ4v) is 3.17. The molecule has 7 heteroatoms. The summed E-state index contributed by atoms with van der Waals surface area (Å²) in [6.45, 7) is 1.22. The summed E-state index contributed by atoms with van der Waals surface area (Å²) < 4.78 is 27.0. The molecule has 0 radical (unpaired) electrons. The molecule has 1 saturated heterocycles. The summed E-state index contributed by atoms with van der Waals surface area (Å²) in [5, 5.41) is 0.826. The lowest BCUT2D eigenvalue weighted by molar-refractivity contribution is 0.0718. The second kappa shape index (κ2) is 7.82.